The summed E-state index contributed by atoms with van der Waals surface area (Å²) in [7, 11) is 1.70. The van der Waals surface area contributed by atoms with Crippen LogP contribution in [0.5, 0.6) is 5.75 Å². The molecular weight excluding hydrogens is 370 g/mol. The molecule has 0 saturated carbocycles. The monoisotopic (exact) mass is 401 g/mol. The second kappa shape index (κ2) is 8.49. The predicted octanol–water partition coefficient (Wildman–Crippen LogP) is 6.10. The SMILES string of the molecule is COc1ccc(-c2[nH]c3c(C(C)C)cccc3c2CCCCN)c2ccc(C)nc12. The van der Waals surface area contributed by atoms with E-state index >= 15 is 0 Å². The first-order valence-corrected chi connectivity index (χ1v) is 10.8. The van der Waals surface area contributed by atoms with Crippen LogP contribution < -0.4 is 10.5 Å². The molecule has 0 aliphatic rings. The van der Waals surface area contributed by atoms with Gasteiger partial charge in [-0.2, -0.15) is 0 Å². The van der Waals surface area contributed by atoms with Crippen molar-refractivity contribution in [3.8, 4) is 17.0 Å². The Morgan fingerprint density at radius 1 is 1.03 bits per heavy atom. The van der Waals surface area contributed by atoms with E-state index in [-0.39, 0.29) is 0 Å². The summed E-state index contributed by atoms with van der Waals surface area (Å²) >= 11 is 0. The molecule has 4 nitrogen and oxygen atoms in total. The molecule has 0 saturated heterocycles. The number of nitrogens with one attached hydrogen (secondary N) is 1. The number of pyridine rings is 1. The Balaban J connectivity index is 2.00. The lowest BCUT2D eigenvalue weighted by Crippen LogP contribution is -1.99. The highest BCUT2D eigenvalue weighted by Gasteiger charge is 2.19. The molecule has 0 amide bonds. The molecule has 2 heterocycles. The smallest absolute Gasteiger partial charge is 0.145 e. The van der Waals surface area contributed by atoms with Crippen molar-refractivity contribution in [3.05, 3.63) is 59.3 Å². The first-order valence-electron chi connectivity index (χ1n) is 10.8. The van der Waals surface area contributed by atoms with Gasteiger partial charge in [0, 0.05) is 27.5 Å². The summed E-state index contributed by atoms with van der Waals surface area (Å²) < 4.78 is 5.61. The third-order valence-corrected chi connectivity index (χ3v) is 5.93. The van der Waals surface area contributed by atoms with Crippen LogP contribution in [0.1, 0.15) is 49.4 Å². The second-order valence-corrected chi connectivity index (χ2v) is 8.31. The fourth-order valence-corrected chi connectivity index (χ4v) is 4.39. The third-order valence-electron chi connectivity index (χ3n) is 5.93. The Kier molecular flexibility index (Phi) is 5.78. The lowest BCUT2D eigenvalue weighted by molar-refractivity contribution is 0.419. The summed E-state index contributed by atoms with van der Waals surface area (Å²) in [5.41, 5.74) is 14.0. The fourth-order valence-electron chi connectivity index (χ4n) is 4.39. The van der Waals surface area contributed by atoms with E-state index in [1.807, 2.05) is 13.0 Å². The average Bonchev–Trinajstić information content (AvgIpc) is 3.11. The number of nitrogens with zero attached hydrogens (tertiary/aromatic N) is 1. The fraction of sp³-hybridized carbons (Fsp3) is 0.346. The van der Waals surface area contributed by atoms with E-state index in [9.17, 15) is 0 Å². The van der Waals surface area contributed by atoms with Crippen molar-refractivity contribution in [1.82, 2.24) is 9.97 Å². The molecule has 0 radical (unpaired) electrons. The molecule has 0 spiro atoms. The van der Waals surface area contributed by atoms with Crippen molar-refractivity contribution in [2.45, 2.75) is 46.0 Å². The zero-order valence-electron chi connectivity index (χ0n) is 18.4. The summed E-state index contributed by atoms with van der Waals surface area (Å²) in [5.74, 6) is 1.26. The molecule has 0 fully saturated rings. The van der Waals surface area contributed by atoms with Gasteiger partial charge in [0.2, 0.25) is 0 Å². The van der Waals surface area contributed by atoms with Gasteiger partial charge in [-0.3, -0.25) is 0 Å². The Bertz CT molecular complexity index is 1190. The summed E-state index contributed by atoms with van der Waals surface area (Å²) in [6.07, 6.45) is 3.11. The van der Waals surface area contributed by atoms with Gasteiger partial charge in [0.05, 0.1) is 12.8 Å². The van der Waals surface area contributed by atoms with Crippen LogP contribution in [0.3, 0.4) is 0 Å². The number of hydrogen-bond acceptors (Lipinski definition) is 3. The van der Waals surface area contributed by atoms with Crippen LogP contribution in [0.2, 0.25) is 0 Å². The van der Waals surface area contributed by atoms with Gasteiger partial charge in [0.15, 0.2) is 0 Å². The van der Waals surface area contributed by atoms with Crippen molar-refractivity contribution in [1.29, 1.82) is 0 Å². The molecule has 0 aliphatic carbocycles. The van der Waals surface area contributed by atoms with Gasteiger partial charge in [-0.05, 0) is 68.0 Å². The molecule has 4 heteroatoms. The van der Waals surface area contributed by atoms with Crippen LogP contribution >= 0.6 is 0 Å². The number of nitrogens with two attached hydrogens (primary N) is 1. The van der Waals surface area contributed by atoms with E-state index in [1.54, 1.807) is 7.11 Å². The van der Waals surface area contributed by atoms with Gasteiger partial charge in [-0.1, -0.05) is 38.1 Å². The topological polar surface area (TPSA) is 63.9 Å². The van der Waals surface area contributed by atoms with Crippen LogP contribution in [0.25, 0.3) is 33.1 Å². The third kappa shape index (κ3) is 3.56. The highest BCUT2D eigenvalue weighted by Crippen LogP contribution is 2.39. The molecule has 3 N–H and O–H groups in total. The van der Waals surface area contributed by atoms with Crippen LogP contribution in [-0.2, 0) is 6.42 Å². The number of aromatic nitrogens is 2. The molecule has 4 aromatic rings. The number of para-hydroxylation sites is 1. The molecule has 0 aliphatic heterocycles. The highest BCUT2D eigenvalue weighted by atomic mass is 16.5. The van der Waals surface area contributed by atoms with E-state index in [2.05, 4.69) is 55.2 Å². The van der Waals surface area contributed by atoms with E-state index in [0.29, 0.717) is 5.92 Å². The number of fused-ring (bicyclic) bond motifs is 2. The molecular formula is C26H31N3O. The van der Waals surface area contributed by atoms with Crippen molar-refractivity contribution in [3.63, 3.8) is 0 Å². The maximum atomic E-state index is 5.78. The van der Waals surface area contributed by atoms with Gasteiger partial charge in [0.25, 0.3) is 0 Å². The Hall–Kier alpha value is -2.85. The number of ether oxygens (including phenoxy) is 1. The number of unbranched alkanes of at least 4 members (excludes halogenated alkanes) is 1. The highest BCUT2D eigenvalue weighted by molar-refractivity contribution is 6.02. The molecule has 0 atom stereocenters. The van der Waals surface area contributed by atoms with Crippen molar-refractivity contribution < 1.29 is 4.74 Å². The maximum Gasteiger partial charge on any atom is 0.145 e. The second-order valence-electron chi connectivity index (χ2n) is 8.31. The summed E-state index contributed by atoms with van der Waals surface area (Å²) in [6, 6.07) is 15.1. The summed E-state index contributed by atoms with van der Waals surface area (Å²) in [6.45, 7) is 7.24. The first-order chi connectivity index (χ1) is 14.5. The first kappa shape index (κ1) is 20.4. The minimum absolute atomic E-state index is 0.453. The van der Waals surface area contributed by atoms with Gasteiger partial charge in [0.1, 0.15) is 11.3 Å². The number of hydrogen-bond donors (Lipinski definition) is 2. The number of aromatic amines is 1. The number of H-pyrrole nitrogens is 1. The van der Waals surface area contributed by atoms with Gasteiger partial charge in [-0.15, -0.1) is 0 Å². The Morgan fingerprint density at radius 3 is 2.60 bits per heavy atom. The summed E-state index contributed by atoms with van der Waals surface area (Å²) in [5, 5.41) is 2.43. The van der Waals surface area contributed by atoms with Crippen LogP contribution in [0.15, 0.2) is 42.5 Å². The van der Waals surface area contributed by atoms with Crippen LogP contribution in [0.4, 0.5) is 0 Å². The van der Waals surface area contributed by atoms with E-state index in [1.165, 1.54) is 33.3 Å². The van der Waals surface area contributed by atoms with E-state index in [4.69, 9.17) is 15.5 Å². The van der Waals surface area contributed by atoms with Crippen LogP contribution in [0, 0.1) is 6.92 Å². The van der Waals surface area contributed by atoms with Gasteiger partial charge >= 0.3 is 0 Å². The number of benzene rings is 2. The van der Waals surface area contributed by atoms with Gasteiger partial charge in [-0.25, -0.2) is 4.98 Å². The van der Waals surface area contributed by atoms with E-state index in [0.717, 1.165) is 48.2 Å². The number of aryl methyl sites for hydroxylation is 2. The molecule has 2 aromatic carbocycles. The molecule has 156 valence electrons. The molecule has 0 unspecified atom stereocenters. The standard InChI is InChI=1S/C26H31N3O/c1-16(2)18-9-7-10-20-19(8-5-6-15-27)25(29-24(18)20)21-13-14-23(30-4)26-22(21)12-11-17(3)28-26/h7,9-14,16,29H,5-6,8,15,27H2,1-4H3. The average molecular weight is 402 g/mol. The number of rotatable bonds is 7. The normalized spacial score (nSPS) is 11.7. The molecule has 4 rings (SSSR count). The Labute approximate surface area is 178 Å². The Morgan fingerprint density at radius 2 is 1.87 bits per heavy atom. The molecule has 30 heavy (non-hydrogen) atoms. The minimum atomic E-state index is 0.453. The minimum Gasteiger partial charge on any atom is -0.494 e. The van der Waals surface area contributed by atoms with Crippen molar-refractivity contribution in [2.24, 2.45) is 5.73 Å². The quantitative estimate of drug-likeness (QED) is 0.368. The maximum absolute atomic E-state index is 5.78. The van der Waals surface area contributed by atoms with E-state index < -0.39 is 0 Å². The predicted molar refractivity (Wildman–Crippen MR) is 126 cm³/mol. The van der Waals surface area contributed by atoms with Crippen molar-refractivity contribution >= 4 is 21.8 Å². The lowest BCUT2D eigenvalue weighted by atomic mass is 9.95. The largest absolute Gasteiger partial charge is 0.494 e. The number of methoxy groups -OCH3 is 1. The summed E-state index contributed by atoms with van der Waals surface area (Å²) in [4.78, 5) is 8.58. The molecule has 2 aromatic heterocycles. The van der Waals surface area contributed by atoms with Crippen molar-refractivity contribution in [2.75, 3.05) is 13.7 Å². The zero-order chi connectivity index (χ0) is 21.3. The van der Waals surface area contributed by atoms with Crippen LogP contribution in [-0.4, -0.2) is 23.6 Å². The lowest BCUT2D eigenvalue weighted by Gasteiger charge is -2.12. The zero-order valence-corrected chi connectivity index (χ0v) is 18.4. The van der Waals surface area contributed by atoms with Gasteiger partial charge < -0.3 is 15.5 Å². The molecule has 0 bridgehead atoms.